The van der Waals surface area contributed by atoms with Gasteiger partial charge in [0.15, 0.2) is 11.6 Å². The fraction of sp³-hybridized carbons (Fsp3) is 0.500. The van der Waals surface area contributed by atoms with Crippen LogP contribution in [-0.2, 0) is 20.8 Å². The van der Waals surface area contributed by atoms with Gasteiger partial charge in [-0.2, -0.15) is 5.10 Å². The summed E-state index contributed by atoms with van der Waals surface area (Å²) in [6.07, 6.45) is 3.16. The van der Waals surface area contributed by atoms with Gasteiger partial charge in [-0.15, -0.1) is 11.3 Å². The SMILES string of the molecule is COCCN(C)C(=O)OC1CCN(Cc2cc3nc(-c4cccc5[nH]ncc45)nc(N4CCOCC4)c3s2)CC1. The number of aromatic amines is 1. The molecular weight excluding hydrogens is 530 g/mol. The summed E-state index contributed by atoms with van der Waals surface area (Å²) < 4.78 is 17.5. The highest BCUT2D eigenvalue weighted by molar-refractivity contribution is 7.19. The van der Waals surface area contributed by atoms with Crippen molar-refractivity contribution in [1.82, 2.24) is 30.0 Å². The van der Waals surface area contributed by atoms with Crippen molar-refractivity contribution < 1.29 is 19.0 Å². The van der Waals surface area contributed by atoms with Gasteiger partial charge in [-0.05, 0) is 25.0 Å². The molecular formula is C28H35N7O4S. The van der Waals surface area contributed by atoms with E-state index in [9.17, 15) is 4.79 Å². The van der Waals surface area contributed by atoms with Gasteiger partial charge in [-0.3, -0.25) is 10.00 Å². The number of thiophene rings is 1. The molecule has 6 rings (SSSR count). The minimum Gasteiger partial charge on any atom is -0.446 e. The lowest BCUT2D eigenvalue weighted by Crippen LogP contribution is -2.40. The molecule has 2 aliphatic rings. The smallest absolute Gasteiger partial charge is 0.409 e. The van der Waals surface area contributed by atoms with Crippen LogP contribution in [0.1, 0.15) is 17.7 Å². The first-order valence-electron chi connectivity index (χ1n) is 13.8. The number of hydrogen-bond acceptors (Lipinski definition) is 10. The normalized spacial score (nSPS) is 17.1. The summed E-state index contributed by atoms with van der Waals surface area (Å²) in [5.74, 6) is 1.69. The van der Waals surface area contributed by atoms with Gasteiger partial charge in [-0.25, -0.2) is 14.8 Å². The zero-order chi connectivity index (χ0) is 27.5. The molecule has 0 aliphatic carbocycles. The third-order valence-electron chi connectivity index (χ3n) is 7.57. The molecule has 12 heteroatoms. The van der Waals surface area contributed by atoms with E-state index in [0.717, 1.165) is 78.1 Å². The number of anilines is 1. The van der Waals surface area contributed by atoms with Crippen molar-refractivity contribution in [3.63, 3.8) is 0 Å². The number of methoxy groups -OCH3 is 1. The molecule has 5 heterocycles. The number of rotatable bonds is 8. The third kappa shape index (κ3) is 5.75. The van der Waals surface area contributed by atoms with E-state index in [4.69, 9.17) is 24.2 Å². The number of nitrogens with one attached hydrogen (secondary N) is 1. The molecule has 1 amide bonds. The Morgan fingerprint density at radius 1 is 1.20 bits per heavy atom. The second kappa shape index (κ2) is 12.0. The van der Waals surface area contributed by atoms with Crippen molar-refractivity contribution in [1.29, 1.82) is 0 Å². The van der Waals surface area contributed by atoms with Gasteiger partial charge >= 0.3 is 6.09 Å². The largest absolute Gasteiger partial charge is 0.446 e. The zero-order valence-corrected chi connectivity index (χ0v) is 23.8. The van der Waals surface area contributed by atoms with Crippen LogP contribution in [0.15, 0.2) is 30.5 Å². The number of carbonyl (C=O) groups excluding carboxylic acids is 1. The van der Waals surface area contributed by atoms with Crippen LogP contribution in [-0.4, -0.2) is 109 Å². The van der Waals surface area contributed by atoms with Crippen LogP contribution in [0.5, 0.6) is 0 Å². The van der Waals surface area contributed by atoms with E-state index in [1.54, 1.807) is 30.4 Å². The number of nitrogens with zero attached hydrogens (tertiary/aromatic N) is 6. The number of aromatic nitrogens is 4. The van der Waals surface area contributed by atoms with Crippen LogP contribution in [0, 0.1) is 0 Å². The van der Waals surface area contributed by atoms with E-state index in [1.165, 1.54) is 4.88 Å². The maximum atomic E-state index is 12.3. The Hall–Kier alpha value is -3.32. The number of likely N-dealkylation sites (tertiary alicyclic amines) is 1. The predicted molar refractivity (Wildman–Crippen MR) is 155 cm³/mol. The maximum Gasteiger partial charge on any atom is 0.409 e. The van der Waals surface area contributed by atoms with Crippen LogP contribution in [0.2, 0.25) is 0 Å². The number of fused-ring (bicyclic) bond motifs is 2. The highest BCUT2D eigenvalue weighted by Crippen LogP contribution is 2.36. The molecule has 1 aromatic carbocycles. The van der Waals surface area contributed by atoms with Gasteiger partial charge in [0.25, 0.3) is 0 Å². The highest BCUT2D eigenvalue weighted by atomic mass is 32.1. The summed E-state index contributed by atoms with van der Waals surface area (Å²) in [7, 11) is 3.37. The van der Waals surface area contributed by atoms with Crippen LogP contribution in [0.4, 0.5) is 10.6 Å². The molecule has 0 radical (unpaired) electrons. The summed E-state index contributed by atoms with van der Waals surface area (Å²) in [6.45, 7) is 6.61. The minimum atomic E-state index is -0.281. The van der Waals surface area contributed by atoms with E-state index in [0.29, 0.717) is 32.2 Å². The van der Waals surface area contributed by atoms with Gasteiger partial charge in [0.2, 0.25) is 0 Å². The second-order valence-electron chi connectivity index (χ2n) is 10.3. The molecule has 0 unspecified atom stereocenters. The molecule has 40 heavy (non-hydrogen) atoms. The van der Waals surface area contributed by atoms with Crippen LogP contribution < -0.4 is 4.90 Å². The standard InChI is InChI=1S/C28H35N7O4S/c1-33(10-13-37-2)28(36)39-19-6-8-34(9-7-19)18-20-16-24-25(40-20)27(35-11-14-38-15-12-35)31-26(30-24)21-4-3-5-23-22(21)17-29-32-23/h3-5,16-17,19H,6-15,18H2,1-2H3,(H,29,32). The van der Waals surface area contributed by atoms with E-state index < -0.39 is 0 Å². The number of likely N-dealkylation sites (N-methyl/N-ethyl adjacent to an activating group) is 1. The number of carbonyl (C=O) groups is 1. The van der Waals surface area contributed by atoms with E-state index in [1.807, 2.05) is 18.3 Å². The number of H-pyrrole nitrogens is 1. The van der Waals surface area contributed by atoms with Crippen LogP contribution >= 0.6 is 11.3 Å². The van der Waals surface area contributed by atoms with Crippen molar-refractivity contribution in [3.05, 3.63) is 35.3 Å². The molecule has 0 spiro atoms. The molecule has 3 aromatic heterocycles. The maximum absolute atomic E-state index is 12.3. The first-order valence-corrected chi connectivity index (χ1v) is 14.6. The number of benzene rings is 1. The molecule has 0 saturated carbocycles. The van der Waals surface area contributed by atoms with Gasteiger partial charge in [0.1, 0.15) is 6.10 Å². The average molecular weight is 566 g/mol. The number of ether oxygens (including phenoxy) is 3. The molecule has 11 nitrogen and oxygen atoms in total. The molecule has 4 aromatic rings. The quantitative estimate of drug-likeness (QED) is 0.342. The van der Waals surface area contributed by atoms with E-state index in [-0.39, 0.29) is 12.2 Å². The topological polar surface area (TPSA) is 109 Å². The summed E-state index contributed by atoms with van der Waals surface area (Å²) >= 11 is 1.77. The van der Waals surface area contributed by atoms with Crippen molar-refractivity contribution in [2.75, 3.05) is 71.6 Å². The highest BCUT2D eigenvalue weighted by Gasteiger charge is 2.25. The monoisotopic (exact) mass is 565 g/mol. The Balaban J connectivity index is 1.20. The average Bonchev–Trinajstić information content (AvgIpc) is 3.63. The van der Waals surface area contributed by atoms with Gasteiger partial charge in [-0.1, -0.05) is 12.1 Å². The lowest BCUT2D eigenvalue weighted by atomic mass is 10.1. The van der Waals surface area contributed by atoms with E-state index >= 15 is 0 Å². The molecule has 1 N–H and O–H groups in total. The summed E-state index contributed by atoms with van der Waals surface area (Å²) in [6, 6.07) is 8.29. The third-order valence-corrected chi connectivity index (χ3v) is 8.67. The molecule has 2 aliphatic heterocycles. The van der Waals surface area contributed by atoms with Gasteiger partial charge < -0.3 is 24.0 Å². The van der Waals surface area contributed by atoms with Gasteiger partial charge in [0, 0.05) is 69.3 Å². The summed E-state index contributed by atoms with van der Waals surface area (Å²) in [5.41, 5.74) is 2.91. The Morgan fingerprint density at radius 2 is 2.02 bits per heavy atom. The first kappa shape index (κ1) is 26.9. The van der Waals surface area contributed by atoms with E-state index in [2.05, 4.69) is 32.1 Å². The molecule has 2 fully saturated rings. The Bertz CT molecular complexity index is 1460. The first-order chi connectivity index (χ1) is 19.6. The van der Waals surface area contributed by atoms with Crippen molar-refractivity contribution in [2.45, 2.75) is 25.5 Å². The Kier molecular flexibility index (Phi) is 8.10. The predicted octanol–water partition coefficient (Wildman–Crippen LogP) is 3.75. The number of piperidine rings is 1. The van der Waals surface area contributed by atoms with Crippen LogP contribution in [0.25, 0.3) is 32.5 Å². The number of hydrogen-bond donors (Lipinski definition) is 1. The lowest BCUT2D eigenvalue weighted by Gasteiger charge is -2.32. The van der Waals surface area contributed by atoms with Gasteiger partial charge in [0.05, 0.1) is 41.8 Å². The second-order valence-corrected chi connectivity index (χ2v) is 11.4. The summed E-state index contributed by atoms with van der Waals surface area (Å²) in [5, 5.41) is 8.29. The van der Waals surface area contributed by atoms with Crippen LogP contribution in [0.3, 0.4) is 0 Å². The fourth-order valence-corrected chi connectivity index (χ4v) is 6.43. The summed E-state index contributed by atoms with van der Waals surface area (Å²) in [4.78, 5) is 30.1. The van der Waals surface area contributed by atoms with Crippen molar-refractivity contribution >= 4 is 44.4 Å². The lowest BCUT2D eigenvalue weighted by molar-refractivity contribution is 0.0276. The fourth-order valence-electron chi connectivity index (χ4n) is 5.27. The Morgan fingerprint density at radius 3 is 2.83 bits per heavy atom. The van der Waals surface area contributed by atoms with Crippen molar-refractivity contribution in [3.8, 4) is 11.4 Å². The van der Waals surface area contributed by atoms with Crippen molar-refractivity contribution in [2.24, 2.45) is 0 Å². The number of morpholine rings is 1. The molecule has 0 atom stereocenters. The Labute approximate surface area is 237 Å². The molecule has 2 saturated heterocycles. The number of amides is 1. The molecule has 212 valence electrons. The molecule has 0 bridgehead atoms. The minimum absolute atomic E-state index is 0.0527. The zero-order valence-electron chi connectivity index (χ0n) is 23.0.